The smallest absolute Gasteiger partial charge is 0.164 e. The van der Waals surface area contributed by atoms with Crippen LogP contribution < -0.4 is 0 Å². The number of nitrogens with zero attached hydrogens (tertiary/aromatic N) is 6. The minimum atomic E-state index is -0.263. The minimum Gasteiger partial charge on any atom is -0.309 e. The average molecular weight is 833 g/mol. The lowest BCUT2D eigenvalue weighted by molar-refractivity contribution is 0.667. The van der Waals surface area contributed by atoms with Crippen LogP contribution >= 0.6 is 0 Å². The van der Waals surface area contributed by atoms with Gasteiger partial charge in [-0.25, -0.2) is 15.0 Å². The highest BCUT2D eigenvalue weighted by Crippen LogP contribution is 2.58. The number of benzene rings is 8. The molecule has 0 fully saturated rings. The predicted molar refractivity (Wildman–Crippen MR) is 266 cm³/mol. The zero-order chi connectivity index (χ0) is 43.2. The summed E-state index contributed by atoms with van der Waals surface area (Å²) in [5.74, 6) is 1.86. The maximum absolute atomic E-state index is 5.13. The van der Waals surface area contributed by atoms with E-state index in [4.69, 9.17) is 15.0 Å². The summed E-state index contributed by atoms with van der Waals surface area (Å²) in [6, 6.07) is 69.0. The molecule has 0 amide bonds. The van der Waals surface area contributed by atoms with Gasteiger partial charge in [0.15, 0.2) is 17.5 Å². The predicted octanol–water partition coefficient (Wildman–Crippen LogP) is 14.4. The summed E-state index contributed by atoms with van der Waals surface area (Å²) in [5, 5.41) is 5.01. The lowest BCUT2D eigenvalue weighted by Gasteiger charge is -2.23. The molecular weight excluding hydrogens is 793 g/mol. The zero-order valence-electron chi connectivity index (χ0n) is 35.8. The maximum atomic E-state index is 5.13. The van der Waals surface area contributed by atoms with Crippen LogP contribution in [0.2, 0.25) is 0 Å². The number of aromatic nitrogens is 6. The first-order valence-electron chi connectivity index (χ1n) is 22.1. The largest absolute Gasteiger partial charge is 0.309 e. The Kier molecular flexibility index (Phi) is 8.15. The molecule has 1 aliphatic carbocycles. The Morgan fingerprint density at radius 2 is 0.892 bits per heavy atom. The Balaban J connectivity index is 1.05. The van der Waals surface area contributed by atoms with E-state index in [1.165, 1.54) is 60.3 Å². The number of rotatable bonds is 6. The first-order valence-corrected chi connectivity index (χ1v) is 22.1. The van der Waals surface area contributed by atoms with Crippen molar-refractivity contribution in [3.05, 3.63) is 218 Å². The van der Waals surface area contributed by atoms with E-state index in [0.29, 0.717) is 17.5 Å². The van der Waals surface area contributed by atoms with Gasteiger partial charge >= 0.3 is 0 Å². The SMILES string of the molecule is CC1(C)c2ccccc2-c2c1c1c3ccccc3n(-c3ccc(-c4nc(-c5ccccc5)nc(-c5ccc(-c6cccnc6)cc5)n4)cc3)c1c1c3ccccc3n(-c3ccccc3)c21. The zero-order valence-corrected chi connectivity index (χ0v) is 35.8. The third kappa shape index (κ3) is 5.60. The van der Waals surface area contributed by atoms with Crippen molar-refractivity contribution in [2.75, 3.05) is 0 Å². The second-order valence-electron chi connectivity index (χ2n) is 17.4. The van der Waals surface area contributed by atoms with Gasteiger partial charge in [-0.1, -0.05) is 153 Å². The van der Waals surface area contributed by atoms with E-state index >= 15 is 0 Å². The number of hydrogen-bond donors (Lipinski definition) is 0. The summed E-state index contributed by atoms with van der Waals surface area (Å²) >= 11 is 0. The van der Waals surface area contributed by atoms with Crippen LogP contribution in [0.4, 0.5) is 0 Å². The van der Waals surface area contributed by atoms with Gasteiger partial charge in [-0.2, -0.15) is 0 Å². The molecule has 8 aromatic carbocycles. The molecule has 0 aliphatic heterocycles. The number of para-hydroxylation sites is 3. The molecule has 0 unspecified atom stereocenters. The molecule has 1 aliphatic rings. The first-order chi connectivity index (χ1) is 32.0. The lowest BCUT2D eigenvalue weighted by atomic mass is 9.80. The summed E-state index contributed by atoms with van der Waals surface area (Å²) < 4.78 is 5.00. The minimum absolute atomic E-state index is 0.263. The van der Waals surface area contributed by atoms with Crippen LogP contribution in [0, 0.1) is 0 Å². The second kappa shape index (κ2) is 14.3. The van der Waals surface area contributed by atoms with Crippen LogP contribution in [0.15, 0.2) is 207 Å². The molecule has 65 heavy (non-hydrogen) atoms. The monoisotopic (exact) mass is 832 g/mol. The number of hydrogen-bond acceptors (Lipinski definition) is 4. The van der Waals surface area contributed by atoms with Crippen LogP contribution in [0.5, 0.6) is 0 Å². The molecule has 6 nitrogen and oxygen atoms in total. The summed E-state index contributed by atoms with van der Waals surface area (Å²) in [6.07, 6.45) is 3.67. The molecule has 306 valence electrons. The fraction of sp³-hybridized carbons (Fsp3) is 0.0508. The molecule has 0 saturated heterocycles. The van der Waals surface area contributed by atoms with Crippen molar-refractivity contribution in [1.29, 1.82) is 0 Å². The van der Waals surface area contributed by atoms with Gasteiger partial charge < -0.3 is 9.13 Å². The van der Waals surface area contributed by atoms with Crippen molar-refractivity contribution in [2.45, 2.75) is 19.3 Å². The Morgan fingerprint density at radius 3 is 1.54 bits per heavy atom. The van der Waals surface area contributed by atoms with Gasteiger partial charge in [-0.3, -0.25) is 4.98 Å². The van der Waals surface area contributed by atoms with Gasteiger partial charge in [0, 0.05) is 73.0 Å². The molecule has 13 rings (SSSR count). The molecule has 0 atom stereocenters. The van der Waals surface area contributed by atoms with E-state index in [1.807, 2.05) is 42.6 Å². The van der Waals surface area contributed by atoms with Crippen molar-refractivity contribution in [3.63, 3.8) is 0 Å². The van der Waals surface area contributed by atoms with E-state index < -0.39 is 0 Å². The first kappa shape index (κ1) is 37.1. The van der Waals surface area contributed by atoms with Gasteiger partial charge in [-0.15, -0.1) is 0 Å². The van der Waals surface area contributed by atoms with Crippen molar-refractivity contribution in [1.82, 2.24) is 29.1 Å². The van der Waals surface area contributed by atoms with E-state index in [9.17, 15) is 0 Å². The Hall–Kier alpha value is -8.48. The Bertz CT molecular complexity index is 3810. The van der Waals surface area contributed by atoms with Crippen molar-refractivity contribution < 1.29 is 0 Å². The van der Waals surface area contributed by atoms with Gasteiger partial charge in [0.2, 0.25) is 0 Å². The standard InChI is InChI=1S/C59H40N6/c1-59(2)47-24-12-9-21-44(47)50-53(59)51-45-22-10-13-25-48(45)65(55(51)52-46-23-11-14-26-49(46)64(54(50)52)42-19-7-4-8-20-42)43-33-31-40(32-34-43)58-62-56(38-16-5-3-6-17-38)61-57(63-58)39-29-27-37(28-30-39)41-18-15-35-60-36-41/h3-36H,1-2H3. The fourth-order valence-electron chi connectivity index (χ4n) is 10.5. The molecular formula is C59H40N6. The Labute approximate surface area is 375 Å². The van der Waals surface area contributed by atoms with Gasteiger partial charge in [0.25, 0.3) is 0 Å². The summed E-state index contributed by atoms with van der Waals surface area (Å²) in [5.41, 5.74) is 17.0. The average Bonchev–Trinajstić information content (AvgIpc) is 3.98. The van der Waals surface area contributed by atoms with E-state index in [0.717, 1.165) is 44.7 Å². The molecule has 4 aromatic heterocycles. The molecule has 0 radical (unpaired) electrons. The number of pyridine rings is 1. The third-order valence-electron chi connectivity index (χ3n) is 13.4. The molecule has 0 bridgehead atoms. The van der Waals surface area contributed by atoms with Gasteiger partial charge in [-0.05, 0) is 82.4 Å². The van der Waals surface area contributed by atoms with Crippen LogP contribution in [0.25, 0.3) is 111 Å². The Morgan fingerprint density at radius 1 is 0.400 bits per heavy atom. The van der Waals surface area contributed by atoms with Gasteiger partial charge in [0.1, 0.15) is 0 Å². The van der Waals surface area contributed by atoms with Crippen molar-refractivity contribution >= 4 is 43.6 Å². The molecule has 6 heteroatoms. The topological polar surface area (TPSA) is 61.4 Å². The maximum Gasteiger partial charge on any atom is 0.164 e. The van der Waals surface area contributed by atoms with Crippen molar-refractivity contribution in [2.24, 2.45) is 0 Å². The highest BCUT2D eigenvalue weighted by molar-refractivity contribution is 6.31. The summed E-state index contributed by atoms with van der Waals surface area (Å²) in [7, 11) is 0. The molecule has 0 spiro atoms. The quantitative estimate of drug-likeness (QED) is 0.167. The number of fused-ring (bicyclic) bond motifs is 12. The van der Waals surface area contributed by atoms with Crippen LogP contribution in [-0.2, 0) is 5.41 Å². The summed E-state index contributed by atoms with van der Waals surface area (Å²) in [4.78, 5) is 19.6. The fourth-order valence-corrected chi connectivity index (χ4v) is 10.5. The lowest BCUT2D eigenvalue weighted by Crippen LogP contribution is -2.15. The summed E-state index contributed by atoms with van der Waals surface area (Å²) in [6.45, 7) is 4.81. The molecule has 12 aromatic rings. The van der Waals surface area contributed by atoms with Gasteiger partial charge in [0.05, 0.1) is 22.1 Å². The highest BCUT2D eigenvalue weighted by Gasteiger charge is 2.41. The molecule has 0 saturated carbocycles. The molecule has 0 N–H and O–H groups in total. The van der Waals surface area contributed by atoms with Crippen molar-refractivity contribution in [3.8, 4) is 67.8 Å². The third-order valence-corrected chi connectivity index (χ3v) is 13.4. The van der Waals surface area contributed by atoms with E-state index in [1.54, 1.807) is 6.20 Å². The van der Waals surface area contributed by atoms with E-state index in [2.05, 4.69) is 186 Å². The second-order valence-corrected chi connectivity index (χ2v) is 17.4. The molecule has 4 heterocycles. The normalized spacial score (nSPS) is 12.9. The van der Waals surface area contributed by atoms with Crippen LogP contribution in [0.3, 0.4) is 0 Å². The van der Waals surface area contributed by atoms with E-state index in [-0.39, 0.29) is 5.41 Å². The highest BCUT2D eigenvalue weighted by atomic mass is 15.0. The van der Waals surface area contributed by atoms with Crippen LogP contribution in [-0.4, -0.2) is 29.1 Å². The van der Waals surface area contributed by atoms with Crippen LogP contribution in [0.1, 0.15) is 25.0 Å².